The highest BCUT2D eigenvalue weighted by molar-refractivity contribution is 5.28. The maximum Gasteiger partial charge on any atom is 0.203 e. The fraction of sp³-hybridized carbons (Fsp3) is 0.250. The van der Waals surface area contributed by atoms with Crippen LogP contribution in [0.4, 0.5) is 14.7 Å². The number of anilines is 1. The largest absolute Gasteiger partial charge is 0.356 e. The Morgan fingerprint density at radius 2 is 2.18 bits per heavy atom. The summed E-state index contributed by atoms with van der Waals surface area (Å²) in [5.41, 5.74) is 0.308. The molecule has 0 aliphatic rings. The summed E-state index contributed by atoms with van der Waals surface area (Å²) in [6.07, 6.45) is 3.34. The van der Waals surface area contributed by atoms with Crippen LogP contribution in [0.25, 0.3) is 0 Å². The van der Waals surface area contributed by atoms with Gasteiger partial charge in [-0.1, -0.05) is 0 Å². The van der Waals surface area contributed by atoms with Crippen LogP contribution in [0.15, 0.2) is 30.6 Å². The van der Waals surface area contributed by atoms with Crippen LogP contribution in [0.1, 0.15) is 12.5 Å². The number of nitrogens with one attached hydrogen (secondary N) is 1. The Morgan fingerprint density at radius 1 is 1.35 bits per heavy atom. The van der Waals surface area contributed by atoms with E-state index in [1.807, 2.05) is 6.92 Å². The number of aromatic nitrogens is 2. The van der Waals surface area contributed by atoms with Crippen LogP contribution in [0.2, 0.25) is 0 Å². The maximum atomic E-state index is 13.5. The summed E-state index contributed by atoms with van der Waals surface area (Å²) < 4.78 is 28.2. The van der Waals surface area contributed by atoms with Gasteiger partial charge in [0.2, 0.25) is 5.95 Å². The fourth-order valence-electron chi connectivity index (χ4n) is 1.61. The Morgan fingerprint density at radius 3 is 2.94 bits per heavy atom. The highest BCUT2D eigenvalue weighted by Crippen LogP contribution is 2.14. The van der Waals surface area contributed by atoms with Crippen molar-refractivity contribution in [3.8, 4) is 0 Å². The Kier molecular flexibility index (Phi) is 3.37. The first-order valence-corrected chi connectivity index (χ1v) is 5.39. The SMILES string of the molecule is CCNc1nccn1Cc1cc(F)ccc1F. The van der Waals surface area contributed by atoms with Crippen molar-refractivity contribution in [1.29, 1.82) is 0 Å². The van der Waals surface area contributed by atoms with Crippen molar-refractivity contribution in [2.45, 2.75) is 13.5 Å². The van der Waals surface area contributed by atoms with Crippen molar-refractivity contribution >= 4 is 5.95 Å². The molecule has 0 aliphatic carbocycles. The second-order valence-electron chi connectivity index (χ2n) is 3.64. The van der Waals surface area contributed by atoms with Gasteiger partial charge in [-0.25, -0.2) is 13.8 Å². The van der Waals surface area contributed by atoms with E-state index >= 15 is 0 Å². The summed E-state index contributed by atoms with van der Waals surface area (Å²) >= 11 is 0. The van der Waals surface area contributed by atoms with Crippen LogP contribution in [-0.2, 0) is 6.54 Å². The summed E-state index contributed by atoms with van der Waals surface area (Å²) in [7, 11) is 0. The topological polar surface area (TPSA) is 29.9 Å². The summed E-state index contributed by atoms with van der Waals surface area (Å²) in [5.74, 6) is -0.203. The molecule has 1 aromatic carbocycles. The summed E-state index contributed by atoms with van der Waals surface area (Å²) in [6.45, 7) is 2.93. The third-order valence-electron chi connectivity index (χ3n) is 2.40. The van der Waals surface area contributed by atoms with Gasteiger partial charge in [0.25, 0.3) is 0 Å². The van der Waals surface area contributed by atoms with E-state index < -0.39 is 11.6 Å². The number of rotatable bonds is 4. The van der Waals surface area contributed by atoms with E-state index in [4.69, 9.17) is 0 Å². The van der Waals surface area contributed by atoms with Crippen LogP contribution in [-0.4, -0.2) is 16.1 Å². The third-order valence-corrected chi connectivity index (χ3v) is 2.40. The molecule has 1 heterocycles. The molecular weight excluding hydrogens is 224 g/mol. The summed E-state index contributed by atoms with van der Waals surface area (Å²) in [5, 5.41) is 3.05. The molecule has 17 heavy (non-hydrogen) atoms. The minimum Gasteiger partial charge on any atom is -0.356 e. The predicted octanol–water partition coefficient (Wildman–Crippen LogP) is 2.64. The minimum absolute atomic E-state index is 0.256. The van der Waals surface area contributed by atoms with Crippen molar-refractivity contribution in [3.63, 3.8) is 0 Å². The molecule has 0 saturated heterocycles. The smallest absolute Gasteiger partial charge is 0.203 e. The third kappa shape index (κ3) is 2.61. The molecule has 0 unspecified atom stereocenters. The molecule has 1 N–H and O–H groups in total. The van der Waals surface area contributed by atoms with Gasteiger partial charge in [-0.15, -0.1) is 0 Å². The van der Waals surface area contributed by atoms with E-state index in [2.05, 4.69) is 10.3 Å². The average molecular weight is 237 g/mol. The number of halogens is 2. The van der Waals surface area contributed by atoms with Crippen LogP contribution < -0.4 is 5.32 Å². The zero-order chi connectivity index (χ0) is 12.3. The first kappa shape index (κ1) is 11.6. The van der Waals surface area contributed by atoms with Gasteiger partial charge in [0.1, 0.15) is 11.6 Å². The van der Waals surface area contributed by atoms with Gasteiger partial charge >= 0.3 is 0 Å². The molecule has 3 nitrogen and oxygen atoms in total. The number of nitrogens with zero attached hydrogens (tertiary/aromatic N) is 2. The summed E-state index contributed by atoms with van der Waals surface area (Å²) in [4.78, 5) is 4.09. The minimum atomic E-state index is -0.438. The lowest BCUT2D eigenvalue weighted by Gasteiger charge is -2.09. The Hall–Kier alpha value is -1.91. The highest BCUT2D eigenvalue weighted by Gasteiger charge is 2.07. The van der Waals surface area contributed by atoms with Gasteiger partial charge in [0.05, 0.1) is 6.54 Å². The molecule has 0 saturated carbocycles. The number of hydrogen-bond acceptors (Lipinski definition) is 2. The molecular formula is C12H13F2N3. The zero-order valence-corrected chi connectivity index (χ0v) is 9.45. The average Bonchev–Trinajstić information content (AvgIpc) is 2.72. The molecule has 2 aromatic rings. The lowest BCUT2D eigenvalue weighted by atomic mass is 10.2. The first-order chi connectivity index (χ1) is 8.20. The monoisotopic (exact) mass is 237 g/mol. The van der Waals surface area contributed by atoms with Gasteiger partial charge in [0.15, 0.2) is 0 Å². The van der Waals surface area contributed by atoms with Crippen molar-refractivity contribution in [3.05, 3.63) is 47.8 Å². The molecule has 0 radical (unpaired) electrons. The number of imidazole rings is 1. The molecule has 0 atom stereocenters. The van der Waals surface area contributed by atoms with E-state index in [-0.39, 0.29) is 6.54 Å². The highest BCUT2D eigenvalue weighted by atomic mass is 19.1. The zero-order valence-electron chi connectivity index (χ0n) is 9.45. The lowest BCUT2D eigenvalue weighted by Crippen LogP contribution is -2.08. The van der Waals surface area contributed by atoms with Gasteiger partial charge in [-0.05, 0) is 25.1 Å². The van der Waals surface area contributed by atoms with E-state index in [1.54, 1.807) is 17.0 Å². The lowest BCUT2D eigenvalue weighted by molar-refractivity contribution is 0.577. The van der Waals surface area contributed by atoms with E-state index in [0.29, 0.717) is 11.5 Å². The van der Waals surface area contributed by atoms with Crippen LogP contribution in [0, 0.1) is 11.6 Å². The maximum absolute atomic E-state index is 13.5. The van der Waals surface area contributed by atoms with E-state index in [0.717, 1.165) is 18.7 Å². The van der Waals surface area contributed by atoms with Crippen LogP contribution >= 0.6 is 0 Å². The summed E-state index contributed by atoms with van der Waals surface area (Å²) in [6, 6.07) is 3.44. The van der Waals surface area contributed by atoms with Crippen LogP contribution in [0.3, 0.4) is 0 Å². The number of benzene rings is 1. The quantitative estimate of drug-likeness (QED) is 0.885. The Bertz CT molecular complexity index is 508. The van der Waals surface area contributed by atoms with Gasteiger partial charge < -0.3 is 9.88 Å². The number of hydrogen-bond donors (Lipinski definition) is 1. The van der Waals surface area contributed by atoms with Crippen molar-refractivity contribution in [1.82, 2.24) is 9.55 Å². The second kappa shape index (κ2) is 4.95. The molecule has 0 aliphatic heterocycles. The second-order valence-corrected chi connectivity index (χ2v) is 3.64. The van der Waals surface area contributed by atoms with E-state index in [1.165, 1.54) is 6.07 Å². The van der Waals surface area contributed by atoms with Crippen LogP contribution in [0.5, 0.6) is 0 Å². The molecule has 0 bridgehead atoms. The molecule has 2 rings (SSSR count). The molecule has 0 amide bonds. The predicted molar refractivity (Wildman–Crippen MR) is 61.9 cm³/mol. The van der Waals surface area contributed by atoms with Crippen molar-refractivity contribution < 1.29 is 8.78 Å². The molecule has 90 valence electrons. The van der Waals surface area contributed by atoms with Gasteiger partial charge in [-0.3, -0.25) is 0 Å². The normalized spacial score (nSPS) is 10.5. The first-order valence-electron chi connectivity index (χ1n) is 5.39. The van der Waals surface area contributed by atoms with Gasteiger partial charge in [0, 0.05) is 24.5 Å². The molecule has 0 spiro atoms. The fourth-order valence-corrected chi connectivity index (χ4v) is 1.61. The van der Waals surface area contributed by atoms with Crippen molar-refractivity contribution in [2.75, 3.05) is 11.9 Å². The molecule has 5 heteroatoms. The van der Waals surface area contributed by atoms with Crippen molar-refractivity contribution in [2.24, 2.45) is 0 Å². The Balaban J connectivity index is 2.25. The van der Waals surface area contributed by atoms with E-state index in [9.17, 15) is 8.78 Å². The molecule has 0 fully saturated rings. The van der Waals surface area contributed by atoms with Gasteiger partial charge in [-0.2, -0.15) is 0 Å². The molecule has 1 aromatic heterocycles. The Labute approximate surface area is 98.1 Å². The standard InChI is InChI=1S/C12H13F2N3/c1-2-15-12-16-5-6-17(12)8-9-7-10(13)3-4-11(9)14/h3-7H,2,8H2,1H3,(H,15,16).